The first-order valence-electron chi connectivity index (χ1n) is 24.2. The van der Waals surface area contributed by atoms with E-state index in [2.05, 4.69) is 34.9 Å². The predicted molar refractivity (Wildman–Crippen MR) is 288 cm³/mol. The molecule has 3 N–H and O–H groups in total. The average Bonchev–Trinajstić information content (AvgIpc) is 4.08. The molecule has 73 heavy (non-hydrogen) atoms. The maximum absolute atomic E-state index is 11.5. The van der Waals surface area contributed by atoms with Crippen molar-refractivity contribution in [3.8, 4) is 11.5 Å². The summed E-state index contributed by atoms with van der Waals surface area (Å²) in [5, 5.41) is 19.9. The summed E-state index contributed by atoms with van der Waals surface area (Å²) < 4.78 is 45.9. The van der Waals surface area contributed by atoms with Crippen molar-refractivity contribution < 1.29 is 186 Å². The van der Waals surface area contributed by atoms with Gasteiger partial charge in [-0.1, -0.05) is 19.6 Å². The number of H-pyrrole nitrogens is 2. The van der Waals surface area contributed by atoms with Gasteiger partial charge in [-0.3, -0.25) is 19.3 Å². The first-order valence-corrected chi connectivity index (χ1v) is 24.5. The Balaban J connectivity index is 0.000000577. The molecule has 4 aromatic heterocycles. The Morgan fingerprint density at radius 3 is 1.59 bits per heavy atom. The normalized spacial score (nSPS) is 13.5. The molecule has 4 aromatic carbocycles. The zero-order chi connectivity index (χ0) is 50.1. The number of unbranched alkanes of at least 4 members (excludes halogenated alkanes) is 2. The predicted octanol–water partition coefficient (Wildman–Crippen LogP) is -2.53. The average molecular weight is 1250 g/mol. The number of fused-ring (bicyclic) bond motifs is 4. The Morgan fingerprint density at radius 1 is 0.671 bits per heavy atom. The van der Waals surface area contributed by atoms with Gasteiger partial charge in [0.2, 0.25) is 11.1 Å². The van der Waals surface area contributed by atoms with Crippen molar-refractivity contribution in [3.05, 3.63) is 141 Å². The third-order valence-corrected chi connectivity index (χ3v) is 13.1. The molecule has 0 amide bonds. The SMILES string of the molecule is C.Cl.O=CO[O-].O=c1ccc2ccc(OCCCCCl)cc2[nH]1.[2H]c1cc([2H])c2sccc2c1N1CCN(CCCCOc2ccc3ccc(=O)[nH]c3c2)CC1.[2H]c1cc([2H])c2sccc2c1N1CCNCC1.[I-].[K+].[K+].[Na+]. The number of rotatable bonds is 14. The van der Waals surface area contributed by atoms with Crippen LogP contribution in [0, 0.1) is 0 Å². The van der Waals surface area contributed by atoms with Gasteiger partial charge in [0, 0.05) is 114 Å². The van der Waals surface area contributed by atoms with Crippen molar-refractivity contribution >= 4 is 107 Å². The minimum atomic E-state index is -0.181. The topological polar surface area (TPSA) is 155 Å². The Labute approximate surface area is 576 Å². The van der Waals surface area contributed by atoms with Gasteiger partial charge in [0.15, 0.2) is 0 Å². The van der Waals surface area contributed by atoms with E-state index in [4.69, 9.17) is 36.6 Å². The number of hydrogen-bond acceptors (Lipinski definition) is 13. The number of nitrogens with one attached hydrogen (secondary N) is 3. The molecule has 0 bridgehead atoms. The molecule has 0 radical (unpaired) electrons. The molecule has 6 heterocycles. The van der Waals surface area contributed by atoms with Crippen molar-refractivity contribution in [2.45, 2.75) is 33.1 Å². The largest absolute Gasteiger partial charge is 1.00 e. The molecule has 0 spiro atoms. The fraction of sp³-hybridized carbons (Fsp3) is 0.327. The number of halogens is 3. The summed E-state index contributed by atoms with van der Waals surface area (Å²) in [6.45, 7) is 9.73. The Bertz CT molecular complexity index is 3160. The van der Waals surface area contributed by atoms with Crippen LogP contribution in [-0.4, -0.2) is 99.3 Å². The van der Waals surface area contributed by atoms with Crippen molar-refractivity contribution in [3.63, 3.8) is 0 Å². The van der Waals surface area contributed by atoms with Crippen molar-refractivity contribution in [2.75, 3.05) is 87.8 Å². The summed E-state index contributed by atoms with van der Waals surface area (Å²) in [4.78, 5) is 46.6. The standard InChI is InChI=1S/C25H27N3O2S.C13H14ClNO2.C12H14N2S.CH2O3.CH4.ClH.HI.2K.Na/c29-25-9-7-19-6-8-20(18-22(19)26-25)30-16-2-1-11-27-12-14-28(15-13-27)23-4-3-5-24-21(23)10-17-31-24;14-7-1-2-8-17-11-5-3-10-4-6-13(16)15-12(10)9-11;1-2-11(14-7-5-13-6-8-14)10-4-9-15-12(10)3-1;2-1-4-3;;;;;;/h3-10,17-18H,1-2,11-16H2,(H,26,29);3-6,9H,1-2,7-8H2,(H,15,16);1-4,9,13H,5-8H2;1,3H;1H4;2*1H;;;/q;;;;;;;3*+1/p-2/i4D,5D;;2D,3D;;;;;;;. The Kier molecular flexibility index (Phi) is 33.6. The van der Waals surface area contributed by atoms with Gasteiger partial charge < -0.3 is 68.7 Å². The number of hydrogen-bond donors (Lipinski definition) is 3. The van der Waals surface area contributed by atoms with E-state index >= 15 is 0 Å². The van der Waals surface area contributed by atoms with Crippen LogP contribution in [0.1, 0.15) is 38.6 Å². The molecule has 0 saturated carbocycles. The number of carbonyl (C=O) groups is 1. The van der Waals surface area contributed by atoms with E-state index in [0.717, 1.165) is 149 Å². The fourth-order valence-electron chi connectivity index (χ4n) is 7.77. The second-order valence-electron chi connectivity index (χ2n) is 15.6. The van der Waals surface area contributed by atoms with Gasteiger partial charge in [-0.25, -0.2) is 0 Å². The maximum Gasteiger partial charge on any atom is 1.00 e. The van der Waals surface area contributed by atoms with Gasteiger partial charge in [-0.05, 0) is 126 Å². The zero-order valence-electron chi connectivity index (χ0n) is 44.8. The van der Waals surface area contributed by atoms with Gasteiger partial charge in [0.25, 0.3) is 6.47 Å². The van der Waals surface area contributed by atoms with Crippen LogP contribution in [0.15, 0.2) is 129 Å². The number of pyridine rings is 2. The molecule has 2 saturated heterocycles. The van der Waals surface area contributed by atoms with Crippen LogP contribution in [-0.2, 0) is 9.68 Å². The van der Waals surface area contributed by atoms with E-state index in [1.165, 1.54) is 12.1 Å². The quantitative estimate of drug-likeness (QED) is 0.0201. The Morgan fingerprint density at radius 2 is 1.12 bits per heavy atom. The first-order chi connectivity index (χ1) is 34.6. The molecule has 13 nitrogen and oxygen atoms in total. The zero-order valence-corrected chi connectivity index (χ0v) is 54.4. The van der Waals surface area contributed by atoms with Gasteiger partial charge in [0.05, 0.1) is 29.7 Å². The summed E-state index contributed by atoms with van der Waals surface area (Å²) >= 11 is 8.75. The van der Waals surface area contributed by atoms with Crippen LogP contribution in [0.25, 0.3) is 42.0 Å². The number of alkyl halides is 1. The van der Waals surface area contributed by atoms with E-state index in [1.54, 1.807) is 40.9 Å². The molecule has 8 aromatic rings. The van der Waals surface area contributed by atoms with Crippen LogP contribution in [0.3, 0.4) is 0 Å². The van der Waals surface area contributed by atoms with Crippen molar-refractivity contribution in [1.29, 1.82) is 0 Å². The molecule has 0 aliphatic carbocycles. The van der Waals surface area contributed by atoms with E-state index in [1.807, 2.05) is 65.4 Å². The molecule has 376 valence electrons. The third kappa shape index (κ3) is 22.2. The number of aromatic amines is 2. The van der Waals surface area contributed by atoms with Crippen LogP contribution in [0.4, 0.5) is 11.4 Å². The monoisotopic (exact) mass is 1250 g/mol. The summed E-state index contributed by atoms with van der Waals surface area (Å²) in [7, 11) is 0. The molecule has 2 fully saturated rings. The number of piperazine rings is 2. The minimum absolute atomic E-state index is 0. The first kappa shape index (κ1) is 63.2. The third-order valence-electron chi connectivity index (χ3n) is 11.2. The number of aromatic nitrogens is 2. The molecule has 0 unspecified atom stereocenters. The van der Waals surface area contributed by atoms with Gasteiger partial charge in [-0.15, -0.1) is 46.7 Å². The second-order valence-corrected chi connectivity index (χ2v) is 17.8. The number of ether oxygens (including phenoxy) is 2. The van der Waals surface area contributed by atoms with E-state index in [0.29, 0.717) is 43.3 Å². The summed E-state index contributed by atoms with van der Waals surface area (Å²) in [6.07, 6.45) is 3.93. The molecular weight excluding hydrogens is 1180 g/mol. The van der Waals surface area contributed by atoms with E-state index < -0.39 is 0 Å². The molecule has 10 rings (SSSR count). The Hall–Kier alpha value is -0.647. The maximum atomic E-state index is 11.5. The van der Waals surface area contributed by atoms with E-state index in [-0.39, 0.29) is 194 Å². The van der Waals surface area contributed by atoms with Crippen molar-refractivity contribution in [1.82, 2.24) is 20.2 Å². The van der Waals surface area contributed by atoms with Crippen LogP contribution in [0.2, 0.25) is 0 Å². The van der Waals surface area contributed by atoms with Crippen LogP contribution >= 0.6 is 46.7 Å². The van der Waals surface area contributed by atoms with Crippen molar-refractivity contribution in [2.24, 2.45) is 0 Å². The molecule has 0 atom stereocenters. The number of carbonyl (C=O) groups excluding carboxylic acids is 1. The number of anilines is 2. The summed E-state index contributed by atoms with van der Waals surface area (Å²) in [5.41, 5.74) is 3.37. The number of thiophene rings is 2. The molecule has 2 aliphatic heterocycles. The van der Waals surface area contributed by atoms with Crippen LogP contribution in [0.5, 0.6) is 11.5 Å². The molecule has 21 heteroatoms. The number of benzene rings is 4. The smallest absolute Gasteiger partial charge is 1.00 e. The van der Waals surface area contributed by atoms with Gasteiger partial charge in [0.1, 0.15) is 11.5 Å². The molecule has 2 aliphatic rings. The van der Waals surface area contributed by atoms with Gasteiger partial charge in [-0.2, -0.15) is 0 Å². The van der Waals surface area contributed by atoms with Crippen LogP contribution < -0.4 is 197 Å². The fourth-order valence-corrected chi connectivity index (χ4v) is 9.48. The minimum Gasteiger partial charge on any atom is -1.00 e. The number of nitrogens with zero attached hydrogens (tertiary/aromatic N) is 3. The summed E-state index contributed by atoms with van der Waals surface area (Å²) in [6, 6.07) is 27.4. The van der Waals surface area contributed by atoms with E-state index in [9.17, 15) is 9.59 Å². The van der Waals surface area contributed by atoms with Gasteiger partial charge >= 0.3 is 132 Å². The second kappa shape index (κ2) is 38.8. The molecular formula is C52H61Cl2IK2N6NaO7S2+. The summed E-state index contributed by atoms with van der Waals surface area (Å²) in [5.74, 6) is 2.21.